The van der Waals surface area contributed by atoms with Gasteiger partial charge in [0.05, 0.1) is 23.9 Å². The summed E-state index contributed by atoms with van der Waals surface area (Å²) in [5, 5.41) is 9.71. The Labute approximate surface area is 203 Å². The molecule has 0 aromatic heterocycles. The first-order valence-corrected chi connectivity index (χ1v) is 11.3. The highest BCUT2D eigenvalue weighted by Gasteiger charge is 2.37. The van der Waals surface area contributed by atoms with Gasteiger partial charge in [-0.2, -0.15) is 5.26 Å². The first kappa shape index (κ1) is 23.8. The number of carbonyl (C=O) groups excluding carboxylic acids is 3. The Morgan fingerprint density at radius 1 is 1.06 bits per heavy atom. The molecule has 2 aliphatic heterocycles. The van der Waals surface area contributed by atoms with E-state index in [0.717, 1.165) is 11.4 Å². The van der Waals surface area contributed by atoms with Crippen LogP contribution in [0.4, 0.5) is 17.1 Å². The Morgan fingerprint density at radius 3 is 2.26 bits per heavy atom. The molecule has 2 aromatic rings. The average Bonchev–Trinajstić information content (AvgIpc) is 3.37. The average molecular weight is 475 g/mol. The number of para-hydroxylation sites is 2. The maximum atomic E-state index is 12.9. The van der Waals surface area contributed by atoms with E-state index in [9.17, 15) is 19.6 Å². The fourth-order valence-electron chi connectivity index (χ4n) is 4.39. The Hall–Kier alpha value is -4.32. The zero-order valence-corrected chi connectivity index (χ0v) is 19.9. The number of ether oxygens (including phenoxy) is 2. The lowest BCUT2D eigenvalue weighted by Crippen LogP contribution is -2.29. The molecule has 0 aliphatic carbocycles. The van der Waals surface area contributed by atoms with Gasteiger partial charge in [0.15, 0.2) is 6.61 Å². The molecule has 35 heavy (non-hydrogen) atoms. The summed E-state index contributed by atoms with van der Waals surface area (Å²) in [6.07, 6.45) is -0.00673. The van der Waals surface area contributed by atoms with Crippen LogP contribution >= 0.6 is 0 Å². The van der Waals surface area contributed by atoms with Crippen molar-refractivity contribution in [2.75, 3.05) is 48.6 Å². The number of esters is 1. The van der Waals surface area contributed by atoms with Crippen LogP contribution in [0.15, 0.2) is 59.9 Å². The van der Waals surface area contributed by atoms with E-state index in [2.05, 4.69) is 0 Å². The maximum Gasteiger partial charge on any atom is 0.311 e. The smallest absolute Gasteiger partial charge is 0.311 e. The Morgan fingerprint density at radius 2 is 1.69 bits per heavy atom. The standard InChI is InChI=1S/C26H26N4O5/c1-4-34-19-11-9-18(10-12-19)30-15-17(13-24(30)32)26(33)35-16-23(31)20(14-27)25-28(2)21-7-5-6-8-22(21)29(25)3/h5-12,17H,4,13,15-16H2,1-3H3. The van der Waals surface area contributed by atoms with Crippen molar-refractivity contribution in [3.8, 4) is 11.8 Å². The van der Waals surface area contributed by atoms with Crippen LogP contribution in [0.5, 0.6) is 5.75 Å². The van der Waals surface area contributed by atoms with E-state index < -0.39 is 24.3 Å². The van der Waals surface area contributed by atoms with E-state index in [0.29, 0.717) is 23.9 Å². The van der Waals surface area contributed by atoms with Gasteiger partial charge in [0.1, 0.15) is 23.2 Å². The largest absolute Gasteiger partial charge is 0.494 e. The third-order valence-corrected chi connectivity index (χ3v) is 6.12. The third-order valence-electron chi connectivity index (χ3n) is 6.12. The molecule has 2 heterocycles. The summed E-state index contributed by atoms with van der Waals surface area (Å²) in [4.78, 5) is 43.1. The van der Waals surface area contributed by atoms with Gasteiger partial charge in [-0.15, -0.1) is 0 Å². The number of nitrogens with zero attached hydrogens (tertiary/aromatic N) is 4. The molecular formula is C26H26N4O5. The van der Waals surface area contributed by atoms with Crippen molar-refractivity contribution in [2.45, 2.75) is 13.3 Å². The molecule has 9 nitrogen and oxygen atoms in total. The number of hydrogen-bond donors (Lipinski definition) is 0. The quantitative estimate of drug-likeness (QED) is 0.343. The van der Waals surface area contributed by atoms with Crippen LogP contribution in [0.25, 0.3) is 0 Å². The molecule has 0 radical (unpaired) electrons. The van der Waals surface area contributed by atoms with Crippen molar-refractivity contribution in [3.05, 3.63) is 59.9 Å². The van der Waals surface area contributed by atoms with Crippen LogP contribution in [-0.4, -0.2) is 51.5 Å². The third kappa shape index (κ3) is 4.55. The first-order chi connectivity index (χ1) is 16.8. The second-order valence-corrected chi connectivity index (χ2v) is 8.28. The number of nitriles is 1. The van der Waals surface area contributed by atoms with E-state index in [1.54, 1.807) is 48.2 Å². The van der Waals surface area contributed by atoms with Crippen molar-refractivity contribution in [2.24, 2.45) is 5.92 Å². The Bertz CT molecular complexity index is 1200. The first-order valence-electron chi connectivity index (χ1n) is 11.3. The molecule has 2 aliphatic rings. The van der Waals surface area contributed by atoms with E-state index in [4.69, 9.17) is 9.47 Å². The number of anilines is 3. The molecule has 1 fully saturated rings. The summed E-state index contributed by atoms with van der Waals surface area (Å²) in [5.74, 6) is -1.02. The van der Waals surface area contributed by atoms with E-state index >= 15 is 0 Å². The van der Waals surface area contributed by atoms with Crippen LogP contribution in [0.1, 0.15) is 13.3 Å². The molecule has 0 saturated carbocycles. The number of rotatable bonds is 7. The van der Waals surface area contributed by atoms with Crippen molar-refractivity contribution in [1.82, 2.24) is 0 Å². The van der Waals surface area contributed by atoms with Crippen LogP contribution < -0.4 is 19.4 Å². The summed E-state index contributed by atoms with van der Waals surface area (Å²) < 4.78 is 10.7. The molecule has 0 bridgehead atoms. The van der Waals surface area contributed by atoms with Crippen LogP contribution in [0, 0.1) is 17.2 Å². The SMILES string of the molecule is CCOc1ccc(N2CC(C(=O)OCC(=O)C(C#N)=C3N(C)c4ccccc4N3C)CC2=O)cc1. The van der Waals surface area contributed by atoms with Gasteiger partial charge in [0, 0.05) is 32.7 Å². The zero-order valence-electron chi connectivity index (χ0n) is 19.9. The Balaban J connectivity index is 1.40. The zero-order chi connectivity index (χ0) is 25.1. The Kier molecular flexibility index (Phi) is 6.73. The fraction of sp³-hybridized carbons (Fsp3) is 0.308. The summed E-state index contributed by atoms with van der Waals surface area (Å²) in [6, 6.07) is 16.6. The van der Waals surface area contributed by atoms with Gasteiger partial charge in [0.25, 0.3) is 0 Å². The molecule has 0 N–H and O–H groups in total. The molecule has 0 spiro atoms. The predicted octanol–water partition coefficient (Wildman–Crippen LogP) is 2.87. The van der Waals surface area contributed by atoms with Gasteiger partial charge in [-0.25, -0.2) is 0 Å². The number of benzene rings is 2. The molecule has 4 rings (SSSR count). The highest BCUT2D eigenvalue weighted by molar-refractivity contribution is 6.04. The van der Waals surface area contributed by atoms with Gasteiger partial charge < -0.3 is 24.2 Å². The van der Waals surface area contributed by atoms with Gasteiger partial charge in [-0.3, -0.25) is 14.4 Å². The minimum absolute atomic E-state index is 0.00673. The number of carbonyl (C=O) groups is 3. The highest BCUT2D eigenvalue weighted by atomic mass is 16.5. The maximum absolute atomic E-state index is 12.9. The second kappa shape index (κ2) is 9.89. The summed E-state index contributed by atoms with van der Waals surface area (Å²) in [6.45, 7) is 2.01. The van der Waals surface area contributed by atoms with Gasteiger partial charge >= 0.3 is 5.97 Å². The molecular weight excluding hydrogens is 448 g/mol. The summed E-state index contributed by atoms with van der Waals surface area (Å²) in [7, 11) is 3.54. The van der Waals surface area contributed by atoms with Gasteiger partial charge in [-0.05, 0) is 43.3 Å². The normalized spacial score (nSPS) is 16.7. The van der Waals surface area contributed by atoms with Crippen LogP contribution in [-0.2, 0) is 19.1 Å². The summed E-state index contributed by atoms with van der Waals surface area (Å²) in [5.41, 5.74) is 2.29. The van der Waals surface area contributed by atoms with E-state index in [1.807, 2.05) is 37.3 Å². The highest BCUT2D eigenvalue weighted by Crippen LogP contribution is 2.40. The predicted molar refractivity (Wildman–Crippen MR) is 130 cm³/mol. The molecule has 1 amide bonds. The molecule has 1 unspecified atom stereocenters. The van der Waals surface area contributed by atoms with Gasteiger partial charge in [-0.1, -0.05) is 12.1 Å². The van der Waals surface area contributed by atoms with Crippen molar-refractivity contribution in [1.29, 1.82) is 5.26 Å². The number of Topliss-reactive ketones (excluding diaryl/α,β-unsaturated/α-hetero) is 1. The van der Waals surface area contributed by atoms with Crippen molar-refractivity contribution < 1.29 is 23.9 Å². The summed E-state index contributed by atoms with van der Waals surface area (Å²) >= 11 is 0. The number of hydrogen-bond acceptors (Lipinski definition) is 8. The molecule has 1 saturated heterocycles. The van der Waals surface area contributed by atoms with Crippen LogP contribution in [0.2, 0.25) is 0 Å². The van der Waals surface area contributed by atoms with E-state index in [1.165, 1.54) is 4.90 Å². The van der Waals surface area contributed by atoms with Gasteiger partial charge in [0.2, 0.25) is 11.7 Å². The number of fused-ring (bicyclic) bond motifs is 1. The molecule has 2 aromatic carbocycles. The lowest BCUT2D eigenvalue weighted by molar-refractivity contribution is -0.151. The second-order valence-electron chi connectivity index (χ2n) is 8.28. The minimum Gasteiger partial charge on any atom is -0.494 e. The number of ketones is 1. The lowest BCUT2D eigenvalue weighted by Gasteiger charge is -2.20. The topological polar surface area (TPSA) is 103 Å². The monoisotopic (exact) mass is 474 g/mol. The lowest BCUT2D eigenvalue weighted by atomic mass is 10.1. The van der Waals surface area contributed by atoms with Crippen molar-refractivity contribution >= 4 is 34.7 Å². The number of amides is 1. The fourth-order valence-corrected chi connectivity index (χ4v) is 4.39. The molecule has 1 atom stereocenters. The molecule has 9 heteroatoms. The minimum atomic E-state index is -0.693. The van der Waals surface area contributed by atoms with E-state index in [-0.39, 0.29) is 24.4 Å². The van der Waals surface area contributed by atoms with Crippen molar-refractivity contribution in [3.63, 3.8) is 0 Å². The molecule has 180 valence electrons. The van der Waals surface area contributed by atoms with Crippen LogP contribution in [0.3, 0.4) is 0 Å².